The summed E-state index contributed by atoms with van der Waals surface area (Å²) in [5, 5.41) is 11.5. The van der Waals surface area contributed by atoms with Crippen molar-refractivity contribution in [3.63, 3.8) is 0 Å². The Morgan fingerprint density at radius 3 is 2.89 bits per heavy atom. The third-order valence-electron chi connectivity index (χ3n) is 2.59. The second-order valence-corrected chi connectivity index (χ2v) is 4.61. The van der Waals surface area contributed by atoms with Crippen LogP contribution in [0.5, 0.6) is 5.88 Å². The lowest BCUT2D eigenvalue weighted by Gasteiger charge is -2.04. The molecule has 1 N–H and O–H groups in total. The molecule has 2 rings (SSSR count). The summed E-state index contributed by atoms with van der Waals surface area (Å²) in [5.74, 6) is 0.610. The first-order valence-electron chi connectivity index (χ1n) is 6.29. The van der Waals surface area contributed by atoms with Gasteiger partial charge in [-0.2, -0.15) is 0 Å². The fourth-order valence-electron chi connectivity index (χ4n) is 1.63. The molecule has 6 heteroatoms. The molecule has 102 valence electrons. The summed E-state index contributed by atoms with van der Waals surface area (Å²) in [7, 11) is 1.61. The van der Waals surface area contributed by atoms with Gasteiger partial charge in [0.15, 0.2) is 0 Å². The van der Waals surface area contributed by atoms with E-state index in [0.717, 1.165) is 17.9 Å². The van der Waals surface area contributed by atoms with Crippen LogP contribution in [0.25, 0.3) is 0 Å². The van der Waals surface area contributed by atoms with Crippen LogP contribution in [0, 0.1) is 0 Å². The molecule has 2 aromatic rings. The van der Waals surface area contributed by atoms with Crippen molar-refractivity contribution in [2.24, 2.45) is 0 Å². The maximum atomic E-state index is 5.10. The van der Waals surface area contributed by atoms with Crippen LogP contribution in [0.1, 0.15) is 25.2 Å². The Hall–Kier alpha value is -1.95. The van der Waals surface area contributed by atoms with E-state index in [1.54, 1.807) is 11.8 Å². The van der Waals surface area contributed by atoms with Gasteiger partial charge in [0.05, 0.1) is 31.2 Å². The lowest BCUT2D eigenvalue weighted by atomic mass is 10.3. The maximum Gasteiger partial charge on any atom is 0.213 e. The molecular weight excluding hydrogens is 242 g/mol. The molecule has 0 aliphatic heterocycles. The minimum absolute atomic E-state index is 0.435. The number of hydrogen-bond donors (Lipinski definition) is 1. The Morgan fingerprint density at radius 1 is 1.32 bits per heavy atom. The first-order chi connectivity index (χ1) is 9.17. The fourth-order valence-corrected chi connectivity index (χ4v) is 1.63. The molecule has 6 nitrogen and oxygen atoms in total. The van der Waals surface area contributed by atoms with Crippen LogP contribution in [0.4, 0.5) is 0 Å². The molecular formula is C13H19N5O. The predicted molar refractivity (Wildman–Crippen MR) is 71.9 cm³/mol. The van der Waals surface area contributed by atoms with Crippen LogP contribution in [-0.4, -0.2) is 33.1 Å². The number of ether oxygens (including phenoxy) is 1. The summed E-state index contributed by atoms with van der Waals surface area (Å²) in [6, 6.07) is 6.11. The zero-order valence-electron chi connectivity index (χ0n) is 11.5. The summed E-state index contributed by atoms with van der Waals surface area (Å²) < 4.78 is 6.87. The largest absolute Gasteiger partial charge is 0.481 e. The van der Waals surface area contributed by atoms with Crippen molar-refractivity contribution in [3.8, 4) is 5.88 Å². The third kappa shape index (κ3) is 4.03. The van der Waals surface area contributed by atoms with Gasteiger partial charge in [0.1, 0.15) is 0 Å². The van der Waals surface area contributed by atoms with Gasteiger partial charge in [0.25, 0.3) is 0 Å². The van der Waals surface area contributed by atoms with E-state index in [1.807, 2.05) is 24.4 Å². The lowest BCUT2D eigenvalue weighted by Crippen LogP contribution is -2.21. The van der Waals surface area contributed by atoms with Crippen molar-refractivity contribution in [3.05, 3.63) is 35.8 Å². The number of nitrogens with one attached hydrogen (secondary N) is 1. The number of nitrogens with zero attached hydrogens (tertiary/aromatic N) is 4. The zero-order chi connectivity index (χ0) is 13.7. The molecule has 0 saturated carbocycles. The first-order valence-corrected chi connectivity index (χ1v) is 6.29. The van der Waals surface area contributed by atoms with Gasteiger partial charge in [-0.15, -0.1) is 5.10 Å². The average molecular weight is 261 g/mol. The predicted octanol–water partition coefficient (Wildman–Crippen LogP) is 1.23. The Morgan fingerprint density at radius 2 is 2.16 bits per heavy atom. The summed E-state index contributed by atoms with van der Waals surface area (Å²) in [4.78, 5) is 4.34. The van der Waals surface area contributed by atoms with Crippen molar-refractivity contribution in [1.82, 2.24) is 25.3 Å². The van der Waals surface area contributed by atoms with E-state index in [9.17, 15) is 0 Å². The molecule has 19 heavy (non-hydrogen) atoms. The molecule has 0 unspecified atom stereocenters. The Bertz CT molecular complexity index is 523. The molecule has 2 aromatic heterocycles. The Balaban J connectivity index is 1.99. The highest BCUT2D eigenvalue weighted by molar-refractivity contribution is 5.15. The van der Waals surface area contributed by atoms with Crippen LogP contribution < -0.4 is 10.1 Å². The molecule has 2 heterocycles. The monoisotopic (exact) mass is 261 g/mol. The maximum absolute atomic E-state index is 5.10. The van der Waals surface area contributed by atoms with Crippen molar-refractivity contribution in [1.29, 1.82) is 0 Å². The van der Waals surface area contributed by atoms with E-state index in [0.29, 0.717) is 18.5 Å². The van der Waals surface area contributed by atoms with Crippen LogP contribution in [0.2, 0.25) is 0 Å². The molecule has 0 amide bonds. The highest BCUT2D eigenvalue weighted by atomic mass is 16.5. The average Bonchev–Trinajstić information content (AvgIpc) is 2.84. The summed E-state index contributed by atoms with van der Waals surface area (Å²) in [6.45, 7) is 5.52. The minimum Gasteiger partial charge on any atom is -0.481 e. The first kappa shape index (κ1) is 13.5. The number of methoxy groups -OCH3 is 1. The summed E-state index contributed by atoms with van der Waals surface area (Å²) in [5.41, 5.74) is 1.82. The van der Waals surface area contributed by atoms with Gasteiger partial charge in [0, 0.05) is 18.7 Å². The molecule has 0 bridgehead atoms. The second-order valence-electron chi connectivity index (χ2n) is 4.61. The SMILES string of the molecule is COc1cccc(Cn2cc(CNC(C)C)nn2)n1. The number of aromatic nitrogens is 4. The molecule has 0 atom stereocenters. The second kappa shape index (κ2) is 6.29. The van der Waals surface area contributed by atoms with Crippen LogP contribution in [-0.2, 0) is 13.1 Å². The van der Waals surface area contributed by atoms with Crippen molar-refractivity contribution >= 4 is 0 Å². The molecule has 0 aliphatic carbocycles. The van der Waals surface area contributed by atoms with Gasteiger partial charge in [-0.25, -0.2) is 9.67 Å². The summed E-state index contributed by atoms with van der Waals surface area (Å²) >= 11 is 0. The normalized spacial score (nSPS) is 10.9. The quantitative estimate of drug-likeness (QED) is 0.847. The van der Waals surface area contributed by atoms with Crippen LogP contribution >= 0.6 is 0 Å². The van der Waals surface area contributed by atoms with Crippen LogP contribution in [0.15, 0.2) is 24.4 Å². The third-order valence-corrected chi connectivity index (χ3v) is 2.59. The van der Waals surface area contributed by atoms with Gasteiger partial charge in [-0.1, -0.05) is 25.1 Å². The number of pyridine rings is 1. The van der Waals surface area contributed by atoms with Gasteiger partial charge in [-0.05, 0) is 6.07 Å². The molecule has 0 saturated heterocycles. The zero-order valence-corrected chi connectivity index (χ0v) is 11.5. The standard InChI is InChI=1S/C13H19N5O/c1-10(2)14-7-12-9-18(17-16-12)8-11-5-4-6-13(15-11)19-3/h4-6,9-10,14H,7-8H2,1-3H3. The molecule has 0 fully saturated rings. The van der Waals surface area contributed by atoms with E-state index in [2.05, 4.69) is 34.5 Å². The van der Waals surface area contributed by atoms with Gasteiger partial charge in [0.2, 0.25) is 5.88 Å². The molecule has 0 spiro atoms. The van der Waals surface area contributed by atoms with E-state index < -0.39 is 0 Å². The van der Waals surface area contributed by atoms with E-state index in [1.165, 1.54) is 0 Å². The molecule has 0 aliphatic rings. The summed E-state index contributed by atoms with van der Waals surface area (Å²) in [6.07, 6.45) is 1.93. The fraction of sp³-hybridized carbons (Fsp3) is 0.462. The smallest absolute Gasteiger partial charge is 0.213 e. The van der Waals surface area contributed by atoms with Gasteiger partial charge < -0.3 is 10.1 Å². The molecule has 0 radical (unpaired) electrons. The lowest BCUT2D eigenvalue weighted by molar-refractivity contribution is 0.395. The van der Waals surface area contributed by atoms with Gasteiger partial charge in [-0.3, -0.25) is 0 Å². The number of hydrogen-bond acceptors (Lipinski definition) is 5. The highest BCUT2D eigenvalue weighted by Crippen LogP contribution is 2.07. The Kier molecular flexibility index (Phi) is 4.46. The minimum atomic E-state index is 0.435. The molecule has 0 aromatic carbocycles. The van der Waals surface area contributed by atoms with E-state index >= 15 is 0 Å². The van der Waals surface area contributed by atoms with Gasteiger partial charge >= 0.3 is 0 Å². The van der Waals surface area contributed by atoms with E-state index in [-0.39, 0.29) is 0 Å². The topological polar surface area (TPSA) is 64.9 Å². The van der Waals surface area contributed by atoms with Crippen molar-refractivity contribution in [2.75, 3.05) is 7.11 Å². The van der Waals surface area contributed by atoms with E-state index in [4.69, 9.17) is 4.74 Å². The van der Waals surface area contributed by atoms with Crippen molar-refractivity contribution < 1.29 is 4.74 Å². The van der Waals surface area contributed by atoms with Crippen LogP contribution in [0.3, 0.4) is 0 Å². The number of rotatable bonds is 6. The van der Waals surface area contributed by atoms with Crippen molar-refractivity contribution in [2.45, 2.75) is 33.0 Å². The Labute approximate surface area is 112 Å². The highest BCUT2D eigenvalue weighted by Gasteiger charge is 2.04.